The topological polar surface area (TPSA) is 9.23 Å². The van der Waals surface area contributed by atoms with E-state index in [0.717, 1.165) is 0 Å². The number of rotatable bonds is 2. The lowest BCUT2D eigenvalue weighted by molar-refractivity contribution is 0.483. The summed E-state index contributed by atoms with van der Waals surface area (Å²) >= 11 is 29.5. The Labute approximate surface area is 129 Å². The molecule has 0 radical (unpaired) electrons. The van der Waals surface area contributed by atoms with Gasteiger partial charge in [0.2, 0.25) is 0 Å². The van der Waals surface area contributed by atoms with Gasteiger partial charge in [-0.25, -0.2) is 0 Å². The number of hydrogen-bond donors (Lipinski definition) is 0. The molecule has 0 N–H and O–H groups in total. The molecule has 2 rings (SSSR count). The molecular formula is C12H5Cl5O. The fourth-order valence-electron chi connectivity index (χ4n) is 1.30. The zero-order chi connectivity index (χ0) is 13.3. The Morgan fingerprint density at radius 3 is 1.78 bits per heavy atom. The zero-order valence-corrected chi connectivity index (χ0v) is 12.5. The molecule has 6 heteroatoms. The molecule has 2 aromatic carbocycles. The third kappa shape index (κ3) is 3.37. The minimum absolute atomic E-state index is 0.348. The summed E-state index contributed by atoms with van der Waals surface area (Å²) in [6.07, 6.45) is 0. The molecule has 0 spiro atoms. The van der Waals surface area contributed by atoms with Gasteiger partial charge < -0.3 is 4.74 Å². The van der Waals surface area contributed by atoms with Gasteiger partial charge >= 0.3 is 0 Å². The van der Waals surface area contributed by atoms with Crippen LogP contribution in [0, 0.1) is 0 Å². The Morgan fingerprint density at radius 1 is 0.611 bits per heavy atom. The minimum atomic E-state index is 0.348. The van der Waals surface area contributed by atoms with Gasteiger partial charge in [-0.3, -0.25) is 0 Å². The Bertz CT molecular complexity index is 577. The van der Waals surface area contributed by atoms with Crippen molar-refractivity contribution < 1.29 is 4.74 Å². The highest BCUT2D eigenvalue weighted by molar-refractivity contribution is 6.43. The summed E-state index contributed by atoms with van der Waals surface area (Å²) < 4.78 is 5.56. The lowest BCUT2D eigenvalue weighted by atomic mass is 10.3. The van der Waals surface area contributed by atoms with E-state index < -0.39 is 0 Å². The SMILES string of the molecule is Clc1cc(Cl)cc(Oc2cc(Cl)c(Cl)cc2Cl)c1. The maximum Gasteiger partial charge on any atom is 0.147 e. The van der Waals surface area contributed by atoms with E-state index in [9.17, 15) is 0 Å². The van der Waals surface area contributed by atoms with Gasteiger partial charge in [-0.15, -0.1) is 0 Å². The number of hydrogen-bond acceptors (Lipinski definition) is 1. The van der Waals surface area contributed by atoms with Gasteiger partial charge in [0.15, 0.2) is 0 Å². The molecular weight excluding hydrogens is 337 g/mol. The Morgan fingerprint density at radius 2 is 1.17 bits per heavy atom. The van der Waals surface area contributed by atoms with Crippen molar-refractivity contribution in [2.45, 2.75) is 0 Å². The van der Waals surface area contributed by atoms with Gasteiger partial charge in [0.05, 0.1) is 15.1 Å². The largest absolute Gasteiger partial charge is 0.456 e. The molecule has 18 heavy (non-hydrogen) atoms. The van der Waals surface area contributed by atoms with E-state index in [2.05, 4.69) is 0 Å². The second-order valence-electron chi connectivity index (χ2n) is 3.40. The molecule has 0 aliphatic rings. The van der Waals surface area contributed by atoms with Gasteiger partial charge in [0.1, 0.15) is 11.5 Å². The summed E-state index contributed by atoms with van der Waals surface area (Å²) in [4.78, 5) is 0. The van der Waals surface area contributed by atoms with Crippen molar-refractivity contribution >= 4 is 58.0 Å². The first-order valence-corrected chi connectivity index (χ1v) is 6.63. The van der Waals surface area contributed by atoms with Crippen molar-refractivity contribution in [1.82, 2.24) is 0 Å². The molecule has 0 heterocycles. The maximum atomic E-state index is 6.00. The van der Waals surface area contributed by atoms with Crippen LogP contribution in [0.15, 0.2) is 30.3 Å². The van der Waals surface area contributed by atoms with Crippen LogP contribution in [0.3, 0.4) is 0 Å². The summed E-state index contributed by atoms with van der Waals surface area (Å²) in [5.41, 5.74) is 0. The molecule has 0 aliphatic carbocycles. The first-order chi connectivity index (χ1) is 8.45. The standard InChI is InChI=1S/C12H5Cl5O/c13-6-1-7(14)3-8(2-6)18-12-5-10(16)9(15)4-11(12)17/h1-5H. The first-order valence-electron chi connectivity index (χ1n) is 4.74. The number of benzene rings is 2. The second-order valence-corrected chi connectivity index (χ2v) is 5.50. The summed E-state index contributed by atoms with van der Waals surface area (Å²) in [7, 11) is 0. The van der Waals surface area contributed by atoms with Gasteiger partial charge in [0, 0.05) is 16.1 Å². The van der Waals surface area contributed by atoms with Crippen molar-refractivity contribution in [2.75, 3.05) is 0 Å². The van der Waals surface area contributed by atoms with E-state index in [1.165, 1.54) is 12.1 Å². The van der Waals surface area contributed by atoms with Crippen LogP contribution in [0.25, 0.3) is 0 Å². The van der Waals surface area contributed by atoms with Crippen LogP contribution >= 0.6 is 58.0 Å². The van der Waals surface area contributed by atoms with Crippen molar-refractivity contribution in [1.29, 1.82) is 0 Å². The minimum Gasteiger partial charge on any atom is -0.456 e. The fourth-order valence-corrected chi connectivity index (χ4v) is 2.38. The molecule has 1 nitrogen and oxygen atoms in total. The van der Waals surface area contributed by atoms with Crippen LogP contribution in [0.1, 0.15) is 0 Å². The number of halogens is 5. The lowest BCUT2D eigenvalue weighted by Crippen LogP contribution is -1.86. The van der Waals surface area contributed by atoms with Crippen LogP contribution in [-0.2, 0) is 0 Å². The van der Waals surface area contributed by atoms with Gasteiger partial charge in [-0.1, -0.05) is 58.0 Å². The molecule has 0 bridgehead atoms. The van der Waals surface area contributed by atoms with E-state index in [1.807, 2.05) is 0 Å². The van der Waals surface area contributed by atoms with Crippen molar-refractivity contribution in [3.05, 3.63) is 55.4 Å². The van der Waals surface area contributed by atoms with Crippen LogP contribution in [0.5, 0.6) is 11.5 Å². The van der Waals surface area contributed by atoms with E-state index in [-0.39, 0.29) is 0 Å². The Balaban J connectivity index is 2.36. The molecule has 0 saturated carbocycles. The highest BCUT2D eigenvalue weighted by Gasteiger charge is 2.09. The monoisotopic (exact) mass is 340 g/mol. The predicted molar refractivity (Wildman–Crippen MR) is 78.0 cm³/mol. The van der Waals surface area contributed by atoms with E-state index in [0.29, 0.717) is 36.6 Å². The molecule has 2 aromatic rings. The molecule has 0 fully saturated rings. The lowest BCUT2D eigenvalue weighted by Gasteiger charge is -2.09. The van der Waals surface area contributed by atoms with Gasteiger partial charge in [-0.05, 0) is 24.3 Å². The van der Waals surface area contributed by atoms with Crippen LogP contribution in [-0.4, -0.2) is 0 Å². The van der Waals surface area contributed by atoms with Gasteiger partial charge in [-0.2, -0.15) is 0 Å². The summed E-state index contributed by atoms with van der Waals surface area (Å²) in [6, 6.07) is 7.87. The zero-order valence-electron chi connectivity index (χ0n) is 8.68. The highest BCUT2D eigenvalue weighted by Crippen LogP contribution is 2.37. The fraction of sp³-hybridized carbons (Fsp3) is 0. The van der Waals surface area contributed by atoms with E-state index in [4.69, 9.17) is 62.7 Å². The van der Waals surface area contributed by atoms with Gasteiger partial charge in [0.25, 0.3) is 0 Å². The molecule has 0 aliphatic heterocycles. The summed E-state index contributed by atoms with van der Waals surface area (Å²) in [6.45, 7) is 0. The summed E-state index contributed by atoms with van der Waals surface area (Å²) in [5, 5.41) is 1.99. The van der Waals surface area contributed by atoms with Crippen molar-refractivity contribution in [3.63, 3.8) is 0 Å². The number of ether oxygens (including phenoxy) is 1. The van der Waals surface area contributed by atoms with E-state index in [1.54, 1.807) is 18.2 Å². The predicted octanol–water partition coefficient (Wildman–Crippen LogP) is 6.75. The molecule has 0 unspecified atom stereocenters. The molecule has 0 saturated heterocycles. The van der Waals surface area contributed by atoms with Crippen molar-refractivity contribution in [2.24, 2.45) is 0 Å². The highest BCUT2D eigenvalue weighted by atomic mass is 35.5. The second kappa shape index (κ2) is 5.77. The van der Waals surface area contributed by atoms with Crippen molar-refractivity contribution in [3.8, 4) is 11.5 Å². The maximum absolute atomic E-state index is 6.00. The quantitative estimate of drug-likeness (QED) is 0.549. The third-order valence-corrected chi connectivity index (χ3v) is 3.49. The average Bonchev–Trinajstić information content (AvgIpc) is 2.24. The Kier molecular flexibility index (Phi) is 4.52. The normalized spacial score (nSPS) is 10.5. The Hall–Kier alpha value is -0.310. The average molecular weight is 342 g/mol. The molecule has 0 atom stereocenters. The third-order valence-electron chi connectivity index (χ3n) is 2.04. The smallest absolute Gasteiger partial charge is 0.147 e. The molecule has 0 aromatic heterocycles. The van der Waals surface area contributed by atoms with Crippen LogP contribution in [0.2, 0.25) is 25.1 Å². The molecule has 0 amide bonds. The first kappa shape index (κ1) is 14.1. The molecule has 94 valence electrons. The summed E-state index contributed by atoms with van der Waals surface area (Å²) in [5.74, 6) is 0.845. The van der Waals surface area contributed by atoms with Crippen LogP contribution < -0.4 is 4.74 Å². The van der Waals surface area contributed by atoms with Crippen LogP contribution in [0.4, 0.5) is 0 Å². The van der Waals surface area contributed by atoms with E-state index >= 15 is 0 Å².